The van der Waals surface area contributed by atoms with Gasteiger partial charge in [-0.15, -0.1) is 10.2 Å². The molecule has 3 aromatic carbocycles. The minimum Gasteiger partial charge on any atom is -0.321 e. The number of rotatable bonds is 3. The first-order valence-corrected chi connectivity index (χ1v) is 8.37. The van der Waals surface area contributed by atoms with Crippen LogP contribution in [0, 0.1) is 6.92 Å². The Kier molecular flexibility index (Phi) is 3.90. The molecule has 0 saturated heterocycles. The molecule has 0 aliphatic heterocycles. The fraction of sp³-hybridized carbons (Fsp3) is 0.0909. The van der Waals surface area contributed by atoms with E-state index in [0.717, 1.165) is 22.8 Å². The number of hydrogen-bond donors (Lipinski definition) is 1. The van der Waals surface area contributed by atoms with Gasteiger partial charge in [-0.05, 0) is 53.5 Å². The fourth-order valence-corrected chi connectivity index (χ4v) is 2.96. The standard InChI is InChI=1S/C22H19N3/c1-15-7-3-4-9-18(15)13-16(2)21-23-22(25-24-21)20-12-11-17-8-5-6-10-19(17)14-20/h3-14H,1-2H3,(H,23,24,25)/b16-13+. The molecule has 0 bridgehead atoms. The maximum absolute atomic E-state index is 4.33. The Morgan fingerprint density at radius 2 is 1.64 bits per heavy atom. The fourth-order valence-electron chi connectivity index (χ4n) is 2.96. The maximum atomic E-state index is 4.33. The molecular formula is C22H19N3. The number of aromatic nitrogens is 3. The topological polar surface area (TPSA) is 41.6 Å². The number of nitrogens with zero attached hydrogens (tertiary/aromatic N) is 2. The second-order valence-electron chi connectivity index (χ2n) is 6.27. The number of fused-ring (bicyclic) bond motifs is 1. The molecule has 0 saturated carbocycles. The van der Waals surface area contributed by atoms with Gasteiger partial charge in [-0.25, -0.2) is 0 Å². The Hall–Kier alpha value is -3.20. The highest BCUT2D eigenvalue weighted by atomic mass is 15.2. The molecule has 122 valence electrons. The zero-order valence-corrected chi connectivity index (χ0v) is 14.3. The third-order valence-electron chi connectivity index (χ3n) is 4.44. The number of benzene rings is 3. The van der Waals surface area contributed by atoms with Gasteiger partial charge in [0.15, 0.2) is 11.6 Å². The van der Waals surface area contributed by atoms with Gasteiger partial charge in [-0.2, -0.15) is 0 Å². The van der Waals surface area contributed by atoms with Crippen LogP contribution in [0.5, 0.6) is 0 Å². The highest BCUT2D eigenvalue weighted by molar-refractivity contribution is 5.86. The molecule has 4 aromatic rings. The van der Waals surface area contributed by atoms with E-state index >= 15 is 0 Å². The van der Waals surface area contributed by atoms with Gasteiger partial charge >= 0.3 is 0 Å². The molecule has 4 rings (SSSR count). The Bertz CT molecular complexity index is 1070. The molecule has 0 atom stereocenters. The molecule has 0 aliphatic rings. The van der Waals surface area contributed by atoms with E-state index in [1.165, 1.54) is 21.9 Å². The summed E-state index contributed by atoms with van der Waals surface area (Å²) in [5, 5.41) is 11.1. The van der Waals surface area contributed by atoms with Crippen LogP contribution < -0.4 is 0 Å². The minimum atomic E-state index is 0.790. The summed E-state index contributed by atoms with van der Waals surface area (Å²) in [6, 6.07) is 23.0. The van der Waals surface area contributed by atoms with E-state index in [2.05, 4.69) is 77.6 Å². The lowest BCUT2D eigenvalue weighted by atomic mass is 10.1. The molecule has 1 N–H and O–H groups in total. The van der Waals surface area contributed by atoms with Gasteiger partial charge < -0.3 is 4.98 Å². The Morgan fingerprint density at radius 3 is 2.48 bits per heavy atom. The van der Waals surface area contributed by atoms with Crippen molar-refractivity contribution >= 4 is 22.4 Å². The second-order valence-corrected chi connectivity index (χ2v) is 6.27. The molecule has 25 heavy (non-hydrogen) atoms. The summed E-state index contributed by atoms with van der Waals surface area (Å²) in [6.45, 7) is 4.16. The molecule has 3 heteroatoms. The van der Waals surface area contributed by atoms with E-state index in [4.69, 9.17) is 0 Å². The third-order valence-corrected chi connectivity index (χ3v) is 4.44. The summed E-state index contributed by atoms with van der Waals surface area (Å²) in [5.74, 6) is 1.59. The molecule has 0 spiro atoms. The first-order chi connectivity index (χ1) is 12.2. The highest BCUT2D eigenvalue weighted by Crippen LogP contribution is 2.23. The van der Waals surface area contributed by atoms with E-state index in [-0.39, 0.29) is 0 Å². The Labute approximate surface area is 147 Å². The van der Waals surface area contributed by atoms with Crippen molar-refractivity contribution < 1.29 is 0 Å². The van der Waals surface area contributed by atoms with Crippen LogP contribution in [0.25, 0.3) is 33.8 Å². The van der Waals surface area contributed by atoms with Crippen molar-refractivity contribution in [3.63, 3.8) is 0 Å². The minimum absolute atomic E-state index is 0.790. The lowest BCUT2D eigenvalue weighted by Gasteiger charge is -2.02. The van der Waals surface area contributed by atoms with Crippen LogP contribution in [0.2, 0.25) is 0 Å². The van der Waals surface area contributed by atoms with Crippen LogP contribution in [0.3, 0.4) is 0 Å². The monoisotopic (exact) mass is 325 g/mol. The van der Waals surface area contributed by atoms with Crippen LogP contribution in [0.1, 0.15) is 23.9 Å². The van der Waals surface area contributed by atoms with Crippen LogP contribution >= 0.6 is 0 Å². The quantitative estimate of drug-likeness (QED) is 0.541. The summed E-state index contributed by atoms with van der Waals surface area (Å²) in [5.41, 5.74) is 4.55. The largest absolute Gasteiger partial charge is 0.321 e. The summed E-state index contributed by atoms with van der Waals surface area (Å²) < 4.78 is 0. The summed E-state index contributed by atoms with van der Waals surface area (Å²) in [4.78, 5) is 3.34. The van der Waals surface area contributed by atoms with Crippen LogP contribution in [0.4, 0.5) is 0 Å². The number of H-pyrrole nitrogens is 1. The van der Waals surface area contributed by atoms with E-state index in [9.17, 15) is 0 Å². The molecule has 0 radical (unpaired) electrons. The predicted octanol–water partition coefficient (Wildman–Crippen LogP) is 5.49. The number of nitrogens with one attached hydrogen (secondary N) is 1. The highest BCUT2D eigenvalue weighted by Gasteiger charge is 2.08. The van der Waals surface area contributed by atoms with E-state index in [1.54, 1.807) is 0 Å². The van der Waals surface area contributed by atoms with E-state index < -0.39 is 0 Å². The van der Waals surface area contributed by atoms with Gasteiger partial charge in [0.25, 0.3) is 0 Å². The zero-order valence-electron chi connectivity index (χ0n) is 14.3. The van der Waals surface area contributed by atoms with Crippen molar-refractivity contribution in [3.8, 4) is 11.4 Å². The van der Waals surface area contributed by atoms with Crippen molar-refractivity contribution in [3.05, 3.63) is 83.7 Å². The average Bonchev–Trinajstić information content (AvgIpc) is 3.13. The van der Waals surface area contributed by atoms with Gasteiger partial charge in [0.1, 0.15) is 0 Å². The number of aryl methyl sites for hydroxylation is 1. The first kappa shape index (κ1) is 15.3. The molecular weight excluding hydrogens is 306 g/mol. The van der Waals surface area contributed by atoms with Gasteiger partial charge in [-0.1, -0.05) is 60.7 Å². The number of aromatic amines is 1. The van der Waals surface area contributed by atoms with Crippen molar-refractivity contribution in [1.29, 1.82) is 0 Å². The number of allylic oxidation sites excluding steroid dienone is 1. The second kappa shape index (κ2) is 6.36. The summed E-state index contributed by atoms with van der Waals surface area (Å²) in [6.07, 6.45) is 2.14. The summed E-state index contributed by atoms with van der Waals surface area (Å²) >= 11 is 0. The average molecular weight is 325 g/mol. The summed E-state index contributed by atoms with van der Waals surface area (Å²) in [7, 11) is 0. The SMILES string of the molecule is C/C(=C\c1ccccc1C)c1nnc(-c2ccc3ccccc3c2)[nH]1. The van der Waals surface area contributed by atoms with Crippen LogP contribution in [-0.4, -0.2) is 15.2 Å². The lowest BCUT2D eigenvalue weighted by Crippen LogP contribution is -1.86. The van der Waals surface area contributed by atoms with Gasteiger partial charge in [0.05, 0.1) is 0 Å². The van der Waals surface area contributed by atoms with Crippen molar-refractivity contribution in [2.24, 2.45) is 0 Å². The zero-order chi connectivity index (χ0) is 17.2. The van der Waals surface area contributed by atoms with Gasteiger partial charge in [-0.3, -0.25) is 0 Å². The predicted molar refractivity (Wildman–Crippen MR) is 104 cm³/mol. The van der Waals surface area contributed by atoms with Crippen LogP contribution in [-0.2, 0) is 0 Å². The maximum Gasteiger partial charge on any atom is 0.161 e. The first-order valence-electron chi connectivity index (χ1n) is 8.37. The Morgan fingerprint density at radius 1 is 0.880 bits per heavy atom. The molecule has 0 fully saturated rings. The van der Waals surface area contributed by atoms with Crippen molar-refractivity contribution in [2.45, 2.75) is 13.8 Å². The van der Waals surface area contributed by atoms with Crippen molar-refractivity contribution in [1.82, 2.24) is 15.2 Å². The molecule has 0 unspecified atom stereocenters. The van der Waals surface area contributed by atoms with E-state index in [0.29, 0.717) is 0 Å². The van der Waals surface area contributed by atoms with E-state index in [1.807, 2.05) is 24.3 Å². The molecule has 3 nitrogen and oxygen atoms in total. The molecule has 1 aromatic heterocycles. The van der Waals surface area contributed by atoms with Crippen LogP contribution in [0.15, 0.2) is 66.7 Å². The normalized spacial score (nSPS) is 11.8. The Balaban J connectivity index is 1.68. The number of hydrogen-bond acceptors (Lipinski definition) is 2. The molecule has 1 heterocycles. The smallest absolute Gasteiger partial charge is 0.161 e. The lowest BCUT2D eigenvalue weighted by molar-refractivity contribution is 1.07. The van der Waals surface area contributed by atoms with Crippen molar-refractivity contribution in [2.75, 3.05) is 0 Å². The molecule has 0 amide bonds. The molecule has 0 aliphatic carbocycles. The third kappa shape index (κ3) is 3.09. The van der Waals surface area contributed by atoms with Gasteiger partial charge in [0, 0.05) is 5.56 Å². The van der Waals surface area contributed by atoms with Gasteiger partial charge in [0.2, 0.25) is 0 Å².